The van der Waals surface area contributed by atoms with Crippen LogP contribution in [0.2, 0.25) is 0 Å². The van der Waals surface area contributed by atoms with Crippen molar-refractivity contribution < 1.29 is 19.1 Å². The molecule has 6 nitrogen and oxygen atoms in total. The molecule has 30 heavy (non-hydrogen) atoms. The lowest BCUT2D eigenvalue weighted by Gasteiger charge is -2.31. The van der Waals surface area contributed by atoms with Crippen LogP contribution in [0.3, 0.4) is 0 Å². The van der Waals surface area contributed by atoms with Crippen molar-refractivity contribution in [3.05, 3.63) is 83.8 Å². The van der Waals surface area contributed by atoms with Gasteiger partial charge in [0, 0.05) is 25.4 Å². The highest BCUT2D eigenvalue weighted by Gasteiger charge is 2.32. The molecule has 6 heteroatoms. The van der Waals surface area contributed by atoms with Crippen molar-refractivity contribution in [1.82, 2.24) is 4.90 Å². The highest BCUT2D eigenvalue weighted by molar-refractivity contribution is 5.92. The third kappa shape index (κ3) is 5.86. The molecule has 0 saturated carbocycles. The number of primary amides is 1. The van der Waals surface area contributed by atoms with Crippen molar-refractivity contribution in [3.8, 4) is 0 Å². The zero-order valence-corrected chi connectivity index (χ0v) is 17.2. The van der Waals surface area contributed by atoms with E-state index in [-0.39, 0.29) is 24.1 Å². The summed E-state index contributed by atoms with van der Waals surface area (Å²) in [5.74, 6) is -0.564. The predicted octanol–water partition coefficient (Wildman–Crippen LogP) is 3.17. The molecule has 3 rings (SSSR count). The number of nitrogens with zero attached hydrogens (tertiary/aromatic N) is 1. The van der Waals surface area contributed by atoms with E-state index in [0.717, 1.165) is 17.5 Å². The SMILES string of the molecule is CCCN(C(=O)C1=COC(Cc2ccccc2)O1)[C@H](CC(N)=O)Cc1ccccc1. The number of carbonyl (C=O) groups excluding carboxylic acids is 2. The Morgan fingerprint density at radius 2 is 1.67 bits per heavy atom. The second kappa shape index (κ2) is 10.5. The Hall–Kier alpha value is -3.28. The van der Waals surface area contributed by atoms with Crippen LogP contribution in [0.15, 0.2) is 72.7 Å². The maximum atomic E-state index is 13.2. The Bertz CT molecular complexity index is 867. The van der Waals surface area contributed by atoms with Crippen LogP contribution in [-0.2, 0) is 31.9 Å². The molecule has 0 bridgehead atoms. The molecule has 2 aromatic rings. The first-order valence-electron chi connectivity index (χ1n) is 10.3. The van der Waals surface area contributed by atoms with Crippen LogP contribution >= 0.6 is 0 Å². The van der Waals surface area contributed by atoms with Gasteiger partial charge in [0.05, 0.1) is 0 Å². The first-order valence-corrected chi connectivity index (χ1v) is 10.3. The zero-order valence-electron chi connectivity index (χ0n) is 17.2. The van der Waals surface area contributed by atoms with Crippen molar-refractivity contribution in [3.63, 3.8) is 0 Å². The van der Waals surface area contributed by atoms with E-state index >= 15 is 0 Å². The van der Waals surface area contributed by atoms with Gasteiger partial charge in [-0.1, -0.05) is 67.6 Å². The number of carbonyl (C=O) groups is 2. The van der Waals surface area contributed by atoms with E-state index in [9.17, 15) is 9.59 Å². The maximum absolute atomic E-state index is 13.2. The molecule has 1 aliphatic heterocycles. The second-order valence-electron chi connectivity index (χ2n) is 7.37. The van der Waals surface area contributed by atoms with Gasteiger partial charge in [0.15, 0.2) is 0 Å². The first-order chi connectivity index (χ1) is 14.6. The molecule has 2 aromatic carbocycles. The van der Waals surface area contributed by atoms with Crippen molar-refractivity contribution >= 4 is 11.8 Å². The maximum Gasteiger partial charge on any atom is 0.292 e. The number of nitrogens with two attached hydrogens (primary N) is 1. The molecule has 0 radical (unpaired) electrons. The van der Waals surface area contributed by atoms with Crippen LogP contribution in [0.25, 0.3) is 0 Å². The monoisotopic (exact) mass is 408 g/mol. The van der Waals surface area contributed by atoms with E-state index in [1.165, 1.54) is 6.26 Å². The summed E-state index contributed by atoms with van der Waals surface area (Å²) in [6, 6.07) is 19.2. The molecule has 1 aliphatic rings. The van der Waals surface area contributed by atoms with Gasteiger partial charge in [-0.05, 0) is 24.0 Å². The minimum atomic E-state index is -0.543. The summed E-state index contributed by atoms with van der Waals surface area (Å²) in [6.07, 6.45) is 2.74. The molecule has 2 N–H and O–H groups in total. The molecular weight excluding hydrogens is 380 g/mol. The van der Waals surface area contributed by atoms with E-state index in [0.29, 0.717) is 19.4 Å². The highest BCUT2D eigenvalue weighted by Crippen LogP contribution is 2.23. The molecule has 0 aromatic heterocycles. The number of amides is 2. The zero-order chi connectivity index (χ0) is 21.3. The van der Waals surface area contributed by atoms with Crippen molar-refractivity contribution in [1.29, 1.82) is 0 Å². The predicted molar refractivity (Wildman–Crippen MR) is 114 cm³/mol. The van der Waals surface area contributed by atoms with Gasteiger partial charge >= 0.3 is 0 Å². The van der Waals surface area contributed by atoms with Gasteiger partial charge in [-0.15, -0.1) is 0 Å². The number of rotatable bonds is 10. The summed E-state index contributed by atoms with van der Waals surface area (Å²) in [5, 5.41) is 0. The van der Waals surface area contributed by atoms with Crippen LogP contribution in [0.1, 0.15) is 30.9 Å². The fourth-order valence-corrected chi connectivity index (χ4v) is 3.58. The minimum Gasteiger partial charge on any atom is -0.458 e. The van der Waals surface area contributed by atoms with Crippen molar-refractivity contribution in [2.24, 2.45) is 5.73 Å². The lowest BCUT2D eigenvalue weighted by molar-refractivity contribution is -0.136. The summed E-state index contributed by atoms with van der Waals surface area (Å²) < 4.78 is 11.4. The number of ether oxygens (including phenoxy) is 2. The van der Waals surface area contributed by atoms with E-state index in [1.807, 2.05) is 67.6 Å². The Kier molecular flexibility index (Phi) is 7.49. The lowest BCUT2D eigenvalue weighted by atomic mass is 10.0. The standard InChI is InChI=1S/C24H28N2O4/c1-2-13-26(20(16-22(25)27)14-18-9-5-3-6-10-18)24(28)21-17-29-23(30-21)15-19-11-7-4-8-12-19/h3-12,17,20,23H,2,13-16H2,1H3,(H2,25,27)/t20-,23?/m0/s1. The number of hydrogen-bond donors (Lipinski definition) is 1. The first kappa shape index (κ1) is 21.4. The van der Waals surface area contributed by atoms with Crippen LogP contribution in [0, 0.1) is 0 Å². The average Bonchev–Trinajstić information content (AvgIpc) is 3.21. The Labute approximate surface area is 177 Å². The molecule has 0 aliphatic carbocycles. The fourth-order valence-electron chi connectivity index (χ4n) is 3.58. The summed E-state index contributed by atoms with van der Waals surface area (Å²) in [6.45, 7) is 2.48. The number of hydrogen-bond acceptors (Lipinski definition) is 4. The Morgan fingerprint density at radius 1 is 1.03 bits per heavy atom. The quantitative estimate of drug-likeness (QED) is 0.655. The molecule has 1 unspecified atom stereocenters. The van der Waals surface area contributed by atoms with Crippen LogP contribution in [-0.4, -0.2) is 35.6 Å². The minimum absolute atomic E-state index is 0.0855. The molecule has 2 atom stereocenters. The summed E-state index contributed by atoms with van der Waals surface area (Å²) in [5.41, 5.74) is 7.59. The third-order valence-electron chi connectivity index (χ3n) is 4.96. The third-order valence-corrected chi connectivity index (χ3v) is 4.96. The van der Waals surface area contributed by atoms with E-state index in [1.54, 1.807) is 4.90 Å². The van der Waals surface area contributed by atoms with Crippen LogP contribution < -0.4 is 5.73 Å². The van der Waals surface area contributed by atoms with Gasteiger partial charge < -0.3 is 20.1 Å². The summed E-state index contributed by atoms with van der Waals surface area (Å²) in [7, 11) is 0. The summed E-state index contributed by atoms with van der Waals surface area (Å²) in [4.78, 5) is 26.6. The second-order valence-corrected chi connectivity index (χ2v) is 7.37. The van der Waals surface area contributed by atoms with Gasteiger partial charge in [0.25, 0.3) is 5.91 Å². The molecule has 0 fully saturated rings. The summed E-state index contributed by atoms with van der Waals surface area (Å²) >= 11 is 0. The van der Waals surface area contributed by atoms with Gasteiger partial charge in [0.2, 0.25) is 18.0 Å². The number of benzene rings is 2. The molecular formula is C24H28N2O4. The lowest BCUT2D eigenvalue weighted by Crippen LogP contribution is -2.45. The van der Waals surface area contributed by atoms with Gasteiger partial charge in [-0.2, -0.15) is 0 Å². The largest absolute Gasteiger partial charge is 0.458 e. The molecule has 0 spiro atoms. The smallest absolute Gasteiger partial charge is 0.292 e. The van der Waals surface area contributed by atoms with E-state index in [2.05, 4.69) is 0 Å². The highest BCUT2D eigenvalue weighted by atomic mass is 16.7. The normalized spacial score (nSPS) is 16.2. The molecule has 1 heterocycles. The molecule has 0 saturated heterocycles. The molecule has 2 amide bonds. The van der Waals surface area contributed by atoms with Gasteiger partial charge in [-0.3, -0.25) is 9.59 Å². The Morgan fingerprint density at radius 3 is 2.27 bits per heavy atom. The van der Waals surface area contributed by atoms with E-state index < -0.39 is 12.2 Å². The van der Waals surface area contributed by atoms with E-state index in [4.69, 9.17) is 15.2 Å². The van der Waals surface area contributed by atoms with Crippen LogP contribution in [0.5, 0.6) is 0 Å². The van der Waals surface area contributed by atoms with Gasteiger partial charge in [0.1, 0.15) is 6.26 Å². The Balaban J connectivity index is 1.71. The average molecular weight is 408 g/mol. The molecule has 158 valence electrons. The van der Waals surface area contributed by atoms with Crippen molar-refractivity contribution in [2.75, 3.05) is 6.54 Å². The van der Waals surface area contributed by atoms with Gasteiger partial charge in [-0.25, -0.2) is 0 Å². The van der Waals surface area contributed by atoms with Crippen LogP contribution in [0.4, 0.5) is 0 Å². The topological polar surface area (TPSA) is 81.9 Å². The fraction of sp³-hybridized carbons (Fsp3) is 0.333. The van der Waals surface area contributed by atoms with Crippen molar-refractivity contribution in [2.45, 2.75) is 44.9 Å².